The van der Waals surface area contributed by atoms with Gasteiger partial charge in [-0.1, -0.05) is 49.3 Å². The highest BCUT2D eigenvalue weighted by molar-refractivity contribution is 7.89. The second-order valence-corrected chi connectivity index (χ2v) is 12.8. The minimum absolute atomic E-state index is 0.201. The van der Waals surface area contributed by atoms with E-state index in [1.807, 2.05) is 26.0 Å². The number of anilines is 1. The largest absolute Gasteiger partial charge is 0.351 e. The molecular weight excluding hydrogens is 542 g/mol. The number of hydrogen-bond donors (Lipinski definition) is 1. The zero-order chi connectivity index (χ0) is 27.3. The van der Waals surface area contributed by atoms with Crippen molar-refractivity contribution >= 4 is 54.2 Å². The first-order valence-electron chi connectivity index (χ1n) is 13.2. The fraction of sp³-hybridized carbons (Fsp3) is 0.481. The van der Waals surface area contributed by atoms with Gasteiger partial charge in [0.1, 0.15) is 0 Å². The molecule has 0 bridgehead atoms. The number of sulfonamides is 1. The van der Waals surface area contributed by atoms with Crippen molar-refractivity contribution in [1.82, 2.24) is 19.5 Å². The molecule has 1 aliphatic rings. The molecule has 2 aromatic carbocycles. The van der Waals surface area contributed by atoms with Crippen molar-refractivity contribution in [2.24, 2.45) is 0 Å². The molecule has 0 spiro atoms. The maximum absolute atomic E-state index is 12.9. The van der Waals surface area contributed by atoms with E-state index < -0.39 is 10.0 Å². The molecule has 3 aromatic rings. The topological polar surface area (TPSA) is 85.8 Å². The summed E-state index contributed by atoms with van der Waals surface area (Å²) in [6.45, 7) is 11.6. The van der Waals surface area contributed by atoms with Crippen molar-refractivity contribution < 1.29 is 13.2 Å². The predicted octanol–water partition coefficient (Wildman–Crippen LogP) is 4.62. The van der Waals surface area contributed by atoms with E-state index in [0.717, 1.165) is 71.5 Å². The van der Waals surface area contributed by atoms with Crippen molar-refractivity contribution in [3.63, 3.8) is 0 Å². The minimum atomic E-state index is -3.55. The molecule has 0 radical (unpaired) electrons. The molecule has 4 rings (SSSR count). The van der Waals surface area contributed by atoms with Crippen LogP contribution in [0.25, 0.3) is 10.2 Å². The van der Waals surface area contributed by atoms with Crippen LogP contribution in [0.3, 0.4) is 0 Å². The first-order valence-corrected chi connectivity index (χ1v) is 15.8. The van der Waals surface area contributed by atoms with Crippen LogP contribution in [0.5, 0.6) is 0 Å². The van der Waals surface area contributed by atoms with Gasteiger partial charge >= 0.3 is 0 Å². The van der Waals surface area contributed by atoms with Crippen LogP contribution in [0.1, 0.15) is 42.6 Å². The normalized spacial score (nSPS) is 14.9. The summed E-state index contributed by atoms with van der Waals surface area (Å²) in [6.07, 6.45) is 1.75. The van der Waals surface area contributed by atoms with Gasteiger partial charge in [0.05, 0.1) is 20.1 Å². The molecule has 1 saturated heterocycles. The Morgan fingerprint density at radius 1 is 1.11 bits per heavy atom. The highest BCUT2D eigenvalue weighted by Crippen LogP contribution is 2.35. The van der Waals surface area contributed by atoms with Crippen LogP contribution in [-0.4, -0.2) is 80.9 Å². The molecular formula is C27H36ClN5O3S2. The predicted molar refractivity (Wildman–Crippen MR) is 156 cm³/mol. The Morgan fingerprint density at radius 2 is 1.82 bits per heavy atom. The number of aromatic nitrogens is 1. The summed E-state index contributed by atoms with van der Waals surface area (Å²) in [5, 5.41) is 4.71. The molecule has 1 amide bonds. The number of fused-ring (bicyclic) bond motifs is 1. The fourth-order valence-electron chi connectivity index (χ4n) is 4.53. The Balaban J connectivity index is 1.25. The van der Waals surface area contributed by atoms with Gasteiger partial charge in [-0.3, -0.25) is 9.69 Å². The summed E-state index contributed by atoms with van der Waals surface area (Å²) in [6, 6.07) is 10.1. The number of thiazole rings is 1. The molecule has 0 saturated carbocycles. The summed E-state index contributed by atoms with van der Waals surface area (Å²) in [5.41, 5.74) is 2.56. The number of unbranched alkanes of at least 4 members (excludes halogenated alkanes) is 1. The number of rotatable bonds is 11. The average Bonchev–Trinajstić information content (AvgIpc) is 3.39. The third-order valence-electron chi connectivity index (χ3n) is 6.91. The number of carbonyl (C=O) groups excluding carboxylic acids is 1. The highest BCUT2D eigenvalue weighted by Gasteiger charge is 2.23. The maximum Gasteiger partial charge on any atom is 0.251 e. The van der Waals surface area contributed by atoms with Gasteiger partial charge in [0.25, 0.3) is 5.91 Å². The van der Waals surface area contributed by atoms with Gasteiger partial charge in [-0.2, -0.15) is 4.31 Å². The van der Waals surface area contributed by atoms with Gasteiger partial charge < -0.3 is 10.2 Å². The third-order valence-corrected chi connectivity index (χ3v) is 10.5. The lowest BCUT2D eigenvalue weighted by Crippen LogP contribution is -2.48. The van der Waals surface area contributed by atoms with E-state index in [-0.39, 0.29) is 10.8 Å². The van der Waals surface area contributed by atoms with E-state index in [1.165, 1.54) is 16.4 Å². The smallest absolute Gasteiger partial charge is 0.251 e. The number of hydrogen-bond acceptors (Lipinski definition) is 7. The first-order chi connectivity index (χ1) is 18.2. The molecule has 0 unspecified atom stereocenters. The lowest BCUT2D eigenvalue weighted by Gasteiger charge is -2.34. The van der Waals surface area contributed by atoms with Crippen LogP contribution in [0.4, 0.5) is 5.13 Å². The Labute approximate surface area is 234 Å². The summed E-state index contributed by atoms with van der Waals surface area (Å²) < 4.78 is 28.3. The summed E-state index contributed by atoms with van der Waals surface area (Å²) in [7, 11) is -3.55. The molecule has 38 heavy (non-hydrogen) atoms. The van der Waals surface area contributed by atoms with Crippen LogP contribution in [0, 0.1) is 6.92 Å². The van der Waals surface area contributed by atoms with E-state index in [2.05, 4.69) is 22.0 Å². The van der Waals surface area contributed by atoms with Crippen LogP contribution in [0.15, 0.2) is 41.3 Å². The van der Waals surface area contributed by atoms with E-state index in [4.69, 9.17) is 16.6 Å². The zero-order valence-electron chi connectivity index (χ0n) is 22.2. The quantitative estimate of drug-likeness (QED) is 0.358. The monoisotopic (exact) mass is 577 g/mol. The molecule has 0 atom stereocenters. The van der Waals surface area contributed by atoms with Gasteiger partial charge in [-0.25, -0.2) is 13.4 Å². The number of halogens is 1. The van der Waals surface area contributed by atoms with Crippen LogP contribution in [-0.2, 0) is 10.0 Å². The number of benzene rings is 2. The minimum Gasteiger partial charge on any atom is -0.351 e. The van der Waals surface area contributed by atoms with Gasteiger partial charge in [-0.05, 0) is 49.2 Å². The Morgan fingerprint density at radius 3 is 2.45 bits per heavy atom. The summed E-state index contributed by atoms with van der Waals surface area (Å²) >= 11 is 8.02. The molecule has 8 nitrogen and oxygen atoms in total. The van der Waals surface area contributed by atoms with Gasteiger partial charge in [0.2, 0.25) is 10.0 Å². The number of piperazine rings is 1. The third kappa shape index (κ3) is 6.48. The van der Waals surface area contributed by atoms with Crippen molar-refractivity contribution in [3.8, 4) is 0 Å². The number of carbonyl (C=O) groups is 1. The summed E-state index contributed by atoms with van der Waals surface area (Å²) in [5.74, 6) is -0.201. The van der Waals surface area contributed by atoms with Crippen molar-refractivity contribution in [3.05, 3.63) is 52.5 Å². The molecule has 206 valence electrons. The standard InChI is InChI=1S/C27H36ClN5O3S2/c1-4-6-14-33(5-2)38(35,36)22-10-8-21(9-11-22)26(34)29-13-15-31-16-18-32(19-17-31)27-30-24-20(3)7-12-23(28)25(24)37-27/h7-12H,4-6,13-19H2,1-3H3,(H,29,34). The molecule has 1 aliphatic heterocycles. The Hall–Kier alpha value is -2.24. The summed E-state index contributed by atoms with van der Waals surface area (Å²) in [4.78, 5) is 22.3. The maximum atomic E-state index is 12.9. The lowest BCUT2D eigenvalue weighted by molar-refractivity contribution is 0.0947. The molecule has 2 heterocycles. The van der Waals surface area contributed by atoms with E-state index in [9.17, 15) is 13.2 Å². The molecule has 1 N–H and O–H groups in total. The lowest BCUT2D eigenvalue weighted by atomic mass is 10.2. The van der Waals surface area contributed by atoms with Crippen LogP contribution < -0.4 is 10.2 Å². The fourth-order valence-corrected chi connectivity index (χ4v) is 7.38. The molecule has 1 aromatic heterocycles. The van der Waals surface area contributed by atoms with Gasteiger partial charge in [-0.15, -0.1) is 0 Å². The first kappa shape index (κ1) is 28.8. The van der Waals surface area contributed by atoms with E-state index in [0.29, 0.717) is 25.2 Å². The van der Waals surface area contributed by atoms with Crippen LogP contribution >= 0.6 is 22.9 Å². The SMILES string of the molecule is CCCCN(CC)S(=O)(=O)c1ccc(C(=O)NCCN2CCN(c3nc4c(C)ccc(Cl)c4s3)CC2)cc1. The average molecular weight is 578 g/mol. The van der Waals surface area contributed by atoms with Gasteiger partial charge in [0, 0.05) is 57.9 Å². The van der Waals surface area contributed by atoms with Crippen LogP contribution in [0.2, 0.25) is 5.02 Å². The second-order valence-electron chi connectivity index (χ2n) is 9.50. The molecule has 1 fully saturated rings. The van der Waals surface area contributed by atoms with Crippen molar-refractivity contribution in [1.29, 1.82) is 0 Å². The number of amides is 1. The number of nitrogens with one attached hydrogen (secondary N) is 1. The van der Waals surface area contributed by atoms with Gasteiger partial charge in [0.15, 0.2) is 5.13 Å². The molecule has 0 aliphatic carbocycles. The number of aryl methyl sites for hydroxylation is 1. The molecule has 11 heteroatoms. The Bertz CT molecular complexity index is 1310. The van der Waals surface area contributed by atoms with Crippen molar-refractivity contribution in [2.45, 2.75) is 38.5 Å². The van der Waals surface area contributed by atoms with E-state index in [1.54, 1.807) is 23.5 Å². The second kappa shape index (κ2) is 12.7. The highest BCUT2D eigenvalue weighted by atomic mass is 35.5. The number of nitrogens with zero attached hydrogens (tertiary/aromatic N) is 4. The Kier molecular flexibility index (Phi) is 9.64. The zero-order valence-corrected chi connectivity index (χ0v) is 24.6. The van der Waals surface area contributed by atoms with E-state index >= 15 is 0 Å². The van der Waals surface area contributed by atoms with Crippen molar-refractivity contribution in [2.75, 3.05) is 57.3 Å².